The second-order valence-corrected chi connectivity index (χ2v) is 7.28. The number of amides is 1. The number of hydrogen-bond acceptors (Lipinski definition) is 5. The Morgan fingerprint density at radius 3 is 2.15 bits per heavy atom. The molecule has 7 nitrogen and oxygen atoms in total. The third-order valence-corrected chi connectivity index (χ3v) is 4.63. The van der Waals surface area contributed by atoms with Gasteiger partial charge in [0.15, 0.2) is 0 Å². The molecule has 0 spiro atoms. The minimum Gasteiger partial charge on any atom is -0.481 e. The van der Waals surface area contributed by atoms with Crippen molar-refractivity contribution in [3.05, 3.63) is 0 Å². The number of nitrogens with one attached hydrogen (secondary N) is 1. The third-order valence-electron chi connectivity index (χ3n) is 4.63. The molecule has 0 saturated heterocycles. The lowest BCUT2D eigenvalue weighted by molar-refractivity contribution is -0.168. The molecule has 0 aliphatic rings. The topological polar surface area (TPSA) is 102 Å². The molecule has 0 bridgehead atoms. The van der Waals surface area contributed by atoms with Gasteiger partial charge in [0.25, 0.3) is 0 Å². The lowest BCUT2D eigenvalue weighted by atomic mass is 9.79. The van der Waals surface area contributed by atoms with Crippen molar-refractivity contribution in [2.45, 2.75) is 73.5 Å². The van der Waals surface area contributed by atoms with Crippen molar-refractivity contribution >= 4 is 18.0 Å². The number of rotatable bonds is 12. The number of esters is 1. The van der Waals surface area contributed by atoms with Crippen molar-refractivity contribution in [2.24, 2.45) is 23.7 Å². The summed E-state index contributed by atoms with van der Waals surface area (Å²) in [6, 6.07) is 0. The molecule has 0 aromatic rings. The van der Waals surface area contributed by atoms with Crippen LogP contribution in [0.1, 0.15) is 67.2 Å². The van der Waals surface area contributed by atoms with Gasteiger partial charge in [0.05, 0.1) is 12.3 Å². The standard InChI is InChI=1S/C19H35NO6/c1-7-8-9-13(4)14(5)16(10-17(21)22)11-20-19(24)26-15(6)25-18(23)12(2)3/h12-16H,7-11H2,1-6H3,(H,20,24)(H,21,22)/t13-,14-,15+,16+/m1/s1. The molecule has 0 aliphatic heterocycles. The quantitative estimate of drug-likeness (QED) is 0.398. The fourth-order valence-electron chi connectivity index (χ4n) is 2.65. The Morgan fingerprint density at radius 1 is 1.04 bits per heavy atom. The SMILES string of the molecule is CCCC[C@@H](C)[C@@H](C)[C@H](CNC(=O)O[C@@H](C)OC(=O)C(C)C)CC(=O)O. The van der Waals surface area contributed by atoms with E-state index in [0.717, 1.165) is 19.3 Å². The first kappa shape index (κ1) is 24.2. The molecule has 0 radical (unpaired) electrons. The van der Waals surface area contributed by atoms with Crippen LogP contribution in [0.3, 0.4) is 0 Å². The van der Waals surface area contributed by atoms with Crippen molar-refractivity contribution in [1.29, 1.82) is 0 Å². The predicted molar refractivity (Wildman–Crippen MR) is 98.5 cm³/mol. The molecular weight excluding hydrogens is 338 g/mol. The zero-order valence-electron chi connectivity index (χ0n) is 16.9. The van der Waals surface area contributed by atoms with E-state index in [9.17, 15) is 14.4 Å². The van der Waals surface area contributed by atoms with Crippen LogP contribution < -0.4 is 5.32 Å². The molecule has 0 heterocycles. The van der Waals surface area contributed by atoms with Crippen LogP contribution in [-0.2, 0) is 19.1 Å². The van der Waals surface area contributed by atoms with Crippen molar-refractivity contribution in [1.82, 2.24) is 5.32 Å². The Bertz CT molecular complexity index is 451. The molecule has 0 aromatic heterocycles. The summed E-state index contributed by atoms with van der Waals surface area (Å²) in [6.45, 7) is 11.3. The van der Waals surface area contributed by atoms with E-state index in [1.165, 1.54) is 6.92 Å². The van der Waals surface area contributed by atoms with Crippen LogP contribution in [0.4, 0.5) is 4.79 Å². The van der Waals surface area contributed by atoms with Gasteiger partial charge in [0, 0.05) is 13.5 Å². The third kappa shape index (κ3) is 10.3. The Labute approximate surface area is 156 Å². The first-order valence-electron chi connectivity index (χ1n) is 9.45. The van der Waals surface area contributed by atoms with Crippen LogP contribution in [0.5, 0.6) is 0 Å². The van der Waals surface area contributed by atoms with Crippen LogP contribution in [0, 0.1) is 23.7 Å². The van der Waals surface area contributed by atoms with E-state index in [1.54, 1.807) is 13.8 Å². The number of ether oxygens (including phenoxy) is 2. The van der Waals surface area contributed by atoms with Gasteiger partial charge in [-0.15, -0.1) is 0 Å². The summed E-state index contributed by atoms with van der Waals surface area (Å²) < 4.78 is 9.96. The highest BCUT2D eigenvalue weighted by Crippen LogP contribution is 2.27. The zero-order valence-corrected chi connectivity index (χ0v) is 16.9. The molecule has 26 heavy (non-hydrogen) atoms. The van der Waals surface area contributed by atoms with E-state index < -0.39 is 24.3 Å². The normalized spacial score (nSPS) is 15.7. The molecule has 4 atom stereocenters. The average Bonchev–Trinajstić information content (AvgIpc) is 2.54. The number of carbonyl (C=O) groups is 3. The fraction of sp³-hybridized carbons (Fsp3) is 0.842. The minimum atomic E-state index is -0.997. The second kappa shape index (κ2) is 12.5. The van der Waals surface area contributed by atoms with Gasteiger partial charge in [0.2, 0.25) is 6.29 Å². The summed E-state index contributed by atoms with van der Waals surface area (Å²) in [6.07, 6.45) is 1.48. The fourth-order valence-corrected chi connectivity index (χ4v) is 2.65. The molecule has 0 unspecified atom stereocenters. The van der Waals surface area contributed by atoms with E-state index in [0.29, 0.717) is 5.92 Å². The van der Waals surface area contributed by atoms with Crippen LogP contribution in [-0.4, -0.2) is 36.0 Å². The van der Waals surface area contributed by atoms with Gasteiger partial charge in [-0.1, -0.05) is 53.9 Å². The molecule has 0 fully saturated rings. The highest BCUT2D eigenvalue weighted by Gasteiger charge is 2.26. The van der Waals surface area contributed by atoms with E-state index in [1.807, 2.05) is 6.92 Å². The van der Waals surface area contributed by atoms with Crippen LogP contribution in [0.25, 0.3) is 0 Å². The van der Waals surface area contributed by atoms with Gasteiger partial charge < -0.3 is 19.9 Å². The van der Waals surface area contributed by atoms with Gasteiger partial charge in [0.1, 0.15) is 0 Å². The summed E-state index contributed by atoms with van der Waals surface area (Å²) in [5.74, 6) is -1.33. The molecule has 7 heteroatoms. The highest BCUT2D eigenvalue weighted by molar-refractivity contribution is 5.72. The minimum absolute atomic E-state index is 0.0181. The average molecular weight is 373 g/mol. The number of aliphatic carboxylic acids is 1. The second-order valence-electron chi connectivity index (χ2n) is 7.28. The van der Waals surface area contributed by atoms with E-state index in [-0.39, 0.29) is 30.7 Å². The Hall–Kier alpha value is -1.79. The molecule has 152 valence electrons. The van der Waals surface area contributed by atoms with E-state index >= 15 is 0 Å². The summed E-state index contributed by atoms with van der Waals surface area (Å²) >= 11 is 0. The molecule has 0 saturated carbocycles. The smallest absolute Gasteiger partial charge is 0.410 e. The van der Waals surface area contributed by atoms with Crippen LogP contribution >= 0.6 is 0 Å². The van der Waals surface area contributed by atoms with Crippen molar-refractivity contribution < 1.29 is 29.0 Å². The van der Waals surface area contributed by atoms with Crippen LogP contribution in [0.2, 0.25) is 0 Å². The maximum atomic E-state index is 11.9. The Kier molecular flexibility index (Phi) is 11.7. The Morgan fingerprint density at radius 2 is 1.65 bits per heavy atom. The van der Waals surface area contributed by atoms with Gasteiger partial charge in [-0.3, -0.25) is 9.59 Å². The van der Waals surface area contributed by atoms with Crippen molar-refractivity contribution in [3.63, 3.8) is 0 Å². The maximum Gasteiger partial charge on any atom is 0.410 e. The lowest BCUT2D eigenvalue weighted by Gasteiger charge is -2.28. The molecule has 2 N–H and O–H groups in total. The lowest BCUT2D eigenvalue weighted by Crippen LogP contribution is -2.37. The van der Waals surface area contributed by atoms with E-state index in [4.69, 9.17) is 14.6 Å². The molecule has 1 amide bonds. The van der Waals surface area contributed by atoms with Crippen LogP contribution in [0.15, 0.2) is 0 Å². The first-order valence-corrected chi connectivity index (χ1v) is 9.45. The number of alkyl carbamates (subject to hydrolysis) is 1. The van der Waals surface area contributed by atoms with Gasteiger partial charge in [-0.2, -0.15) is 0 Å². The number of carboxylic acid groups (broad SMARTS) is 1. The number of hydrogen-bond donors (Lipinski definition) is 2. The maximum absolute atomic E-state index is 11.9. The summed E-state index contributed by atoms with van der Waals surface area (Å²) in [4.78, 5) is 34.5. The number of carboxylic acids is 1. The monoisotopic (exact) mass is 373 g/mol. The molecular formula is C19H35NO6. The largest absolute Gasteiger partial charge is 0.481 e. The summed E-state index contributed by atoms with van der Waals surface area (Å²) in [7, 11) is 0. The summed E-state index contributed by atoms with van der Waals surface area (Å²) in [5.41, 5.74) is 0. The van der Waals surface area contributed by atoms with Gasteiger partial charge in [-0.25, -0.2) is 4.79 Å². The van der Waals surface area contributed by atoms with Crippen molar-refractivity contribution in [3.8, 4) is 0 Å². The zero-order chi connectivity index (χ0) is 20.3. The molecule has 0 aliphatic carbocycles. The number of carbonyl (C=O) groups excluding carboxylic acids is 2. The summed E-state index contributed by atoms with van der Waals surface area (Å²) in [5, 5.41) is 11.7. The molecule has 0 rings (SSSR count). The highest BCUT2D eigenvalue weighted by atomic mass is 16.7. The Balaban J connectivity index is 4.56. The predicted octanol–water partition coefficient (Wildman–Crippen LogP) is 3.81. The van der Waals surface area contributed by atoms with E-state index in [2.05, 4.69) is 19.2 Å². The number of unbranched alkanes of at least 4 members (excludes halogenated alkanes) is 1. The van der Waals surface area contributed by atoms with Gasteiger partial charge in [-0.05, 0) is 17.8 Å². The first-order chi connectivity index (χ1) is 12.1. The molecule has 0 aromatic carbocycles. The van der Waals surface area contributed by atoms with Gasteiger partial charge >= 0.3 is 18.0 Å². The van der Waals surface area contributed by atoms with Crippen molar-refractivity contribution in [2.75, 3.05) is 6.54 Å².